The van der Waals surface area contributed by atoms with E-state index in [1.165, 1.54) is 96.3 Å². The summed E-state index contributed by atoms with van der Waals surface area (Å²) in [6, 6.07) is 0. The van der Waals surface area contributed by atoms with E-state index >= 15 is 0 Å². The minimum atomic E-state index is -4.94. The predicted molar refractivity (Wildman–Crippen MR) is 317 cm³/mol. The molecule has 80 heavy (non-hydrogen) atoms. The number of unbranched alkanes of at least 4 members (excludes halogenated alkanes) is 27. The second kappa shape index (κ2) is 52.6. The van der Waals surface area contributed by atoms with E-state index in [0.717, 1.165) is 102 Å². The SMILES string of the molecule is CCCCCCCCCCCCCC(=O)OC[C@H](COP(=O)(O)OC[C@@H](O)COP(=O)(O)OC[C@@H](COC(=O)CCCCCCCCC(C)C)OC(=O)CCCCCCCCC(C)C)OC(=O)CCCCCCCCCCC(C)C. The van der Waals surface area contributed by atoms with E-state index in [0.29, 0.717) is 37.5 Å². The van der Waals surface area contributed by atoms with E-state index in [-0.39, 0.29) is 25.7 Å². The lowest BCUT2D eigenvalue weighted by atomic mass is 10.0. The minimum Gasteiger partial charge on any atom is -0.462 e. The Kier molecular flexibility index (Phi) is 51.3. The zero-order chi connectivity index (χ0) is 59.5. The van der Waals surface area contributed by atoms with E-state index in [1.54, 1.807) is 0 Å². The first-order chi connectivity index (χ1) is 38.2. The van der Waals surface area contributed by atoms with E-state index in [1.807, 2.05) is 0 Å². The third kappa shape index (κ3) is 55.3. The highest BCUT2D eigenvalue weighted by Crippen LogP contribution is 2.45. The van der Waals surface area contributed by atoms with Crippen molar-refractivity contribution in [2.24, 2.45) is 17.8 Å². The van der Waals surface area contributed by atoms with Crippen LogP contribution >= 0.6 is 15.6 Å². The predicted octanol–water partition coefficient (Wildman–Crippen LogP) is 16.3. The van der Waals surface area contributed by atoms with Crippen molar-refractivity contribution >= 4 is 39.5 Å². The van der Waals surface area contributed by atoms with Crippen LogP contribution in [-0.4, -0.2) is 96.7 Å². The monoisotopic (exact) mass is 1180 g/mol. The first-order valence-electron chi connectivity index (χ1n) is 31.8. The maximum atomic E-state index is 12.9. The number of carbonyl (C=O) groups is 4. The third-order valence-corrected chi connectivity index (χ3v) is 15.8. The smallest absolute Gasteiger partial charge is 0.462 e. The Morgan fingerprint density at radius 2 is 0.575 bits per heavy atom. The molecular weight excluding hydrogens is 1070 g/mol. The molecule has 0 rings (SSSR count). The molecule has 0 amide bonds. The normalized spacial score (nSPS) is 14.5. The van der Waals surface area contributed by atoms with Crippen LogP contribution in [0.5, 0.6) is 0 Å². The minimum absolute atomic E-state index is 0.101. The molecule has 0 saturated carbocycles. The van der Waals surface area contributed by atoms with Crippen LogP contribution < -0.4 is 0 Å². The van der Waals surface area contributed by atoms with Crippen molar-refractivity contribution < 1.29 is 80.2 Å². The Labute approximate surface area is 486 Å². The summed E-state index contributed by atoms with van der Waals surface area (Å²) in [5.74, 6) is -0.0795. The van der Waals surface area contributed by atoms with Gasteiger partial charge in [0, 0.05) is 25.7 Å². The molecule has 2 unspecified atom stereocenters. The summed E-state index contributed by atoms with van der Waals surface area (Å²) < 4.78 is 67.8. The quantitative estimate of drug-likeness (QED) is 0.0222. The van der Waals surface area contributed by atoms with Crippen LogP contribution in [0.4, 0.5) is 0 Å². The molecule has 17 nitrogen and oxygen atoms in total. The number of phosphoric acid groups is 2. The fourth-order valence-electron chi connectivity index (χ4n) is 8.95. The van der Waals surface area contributed by atoms with Gasteiger partial charge in [0.05, 0.1) is 26.4 Å². The molecule has 0 aliphatic rings. The molecule has 19 heteroatoms. The van der Waals surface area contributed by atoms with Crippen LogP contribution in [0.25, 0.3) is 0 Å². The molecule has 0 saturated heterocycles. The second-order valence-corrected chi connectivity index (χ2v) is 26.4. The highest BCUT2D eigenvalue weighted by atomic mass is 31.2. The van der Waals surface area contributed by atoms with Crippen LogP contribution in [0.2, 0.25) is 0 Å². The molecule has 0 spiro atoms. The average molecular weight is 1190 g/mol. The molecule has 3 N–H and O–H groups in total. The van der Waals surface area contributed by atoms with Gasteiger partial charge in [-0.05, 0) is 43.4 Å². The number of ether oxygens (including phenoxy) is 4. The summed E-state index contributed by atoms with van der Waals surface area (Å²) in [5, 5.41) is 10.5. The molecule has 0 aromatic heterocycles. The summed E-state index contributed by atoms with van der Waals surface area (Å²) in [7, 11) is -9.88. The number of hydrogen-bond donors (Lipinski definition) is 3. The molecule has 0 heterocycles. The summed E-state index contributed by atoms with van der Waals surface area (Å²) in [4.78, 5) is 72.0. The number of hydrogen-bond acceptors (Lipinski definition) is 15. The Morgan fingerprint density at radius 3 is 0.850 bits per heavy atom. The highest BCUT2D eigenvalue weighted by molar-refractivity contribution is 7.47. The molecule has 0 radical (unpaired) electrons. The van der Waals surface area contributed by atoms with Crippen LogP contribution in [0.15, 0.2) is 0 Å². The van der Waals surface area contributed by atoms with Crippen molar-refractivity contribution in [2.75, 3.05) is 39.6 Å². The number of carbonyl (C=O) groups excluding carboxylic acids is 4. The third-order valence-electron chi connectivity index (χ3n) is 13.9. The molecule has 0 aromatic carbocycles. The Balaban J connectivity index is 5.24. The first-order valence-corrected chi connectivity index (χ1v) is 34.8. The van der Waals surface area contributed by atoms with Crippen LogP contribution in [0, 0.1) is 17.8 Å². The van der Waals surface area contributed by atoms with Crippen molar-refractivity contribution in [3.05, 3.63) is 0 Å². The Bertz CT molecular complexity index is 1600. The first kappa shape index (κ1) is 78.1. The van der Waals surface area contributed by atoms with Gasteiger partial charge in [-0.15, -0.1) is 0 Å². The lowest BCUT2D eigenvalue weighted by Crippen LogP contribution is -2.30. The van der Waals surface area contributed by atoms with Crippen molar-refractivity contribution in [3.63, 3.8) is 0 Å². The van der Waals surface area contributed by atoms with Crippen LogP contribution in [0.3, 0.4) is 0 Å². The van der Waals surface area contributed by atoms with Crippen molar-refractivity contribution in [3.8, 4) is 0 Å². The average Bonchev–Trinajstić information content (AvgIpc) is 3.40. The molecule has 474 valence electrons. The van der Waals surface area contributed by atoms with Crippen molar-refractivity contribution in [1.82, 2.24) is 0 Å². The fraction of sp³-hybridized carbons (Fsp3) is 0.934. The van der Waals surface area contributed by atoms with Gasteiger partial charge in [-0.3, -0.25) is 37.3 Å². The number of phosphoric ester groups is 2. The van der Waals surface area contributed by atoms with E-state index < -0.39 is 97.5 Å². The van der Waals surface area contributed by atoms with Gasteiger partial charge in [-0.2, -0.15) is 0 Å². The van der Waals surface area contributed by atoms with Gasteiger partial charge in [0.15, 0.2) is 12.2 Å². The second-order valence-electron chi connectivity index (χ2n) is 23.5. The van der Waals surface area contributed by atoms with Gasteiger partial charge in [0.2, 0.25) is 0 Å². The molecule has 0 aliphatic heterocycles. The van der Waals surface area contributed by atoms with E-state index in [9.17, 15) is 43.2 Å². The number of esters is 4. The standard InChI is InChI=1S/C61H118O17P2/c1-8-9-10-11-12-13-14-15-19-28-35-42-58(63)71-48-56(77-60(65)44-37-30-20-17-16-18-25-32-39-52(2)3)50-75-79(67,68)73-46-55(62)47-74-80(69,70)76-51-57(78-61(66)45-38-31-24-22-27-34-41-54(6)7)49-72-59(64)43-36-29-23-21-26-33-40-53(4)5/h52-57,62H,8-51H2,1-7H3,(H,67,68)(H,69,70)/t55-,56-,57-/m1/s1. The van der Waals surface area contributed by atoms with Crippen molar-refractivity contribution in [2.45, 2.75) is 311 Å². The summed E-state index contributed by atoms with van der Waals surface area (Å²) in [5.41, 5.74) is 0. The lowest BCUT2D eigenvalue weighted by Gasteiger charge is -2.21. The molecular formula is C61H118O17P2. The molecule has 0 bridgehead atoms. The molecule has 5 atom stereocenters. The van der Waals surface area contributed by atoms with Gasteiger partial charge in [-0.25, -0.2) is 9.13 Å². The molecule has 0 aliphatic carbocycles. The zero-order valence-electron chi connectivity index (χ0n) is 51.5. The van der Waals surface area contributed by atoms with Gasteiger partial charge >= 0.3 is 39.5 Å². The van der Waals surface area contributed by atoms with Gasteiger partial charge < -0.3 is 33.8 Å². The summed E-state index contributed by atoms with van der Waals surface area (Å²) in [6.45, 7) is 11.5. The Hall–Kier alpha value is -1.94. The maximum absolute atomic E-state index is 12.9. The molecule has 0 fully saturated rings. The summed E-state index contributed by atoms with van der Waals surface area (Å²) >= 11 is 0. The Morgan fingerprint density at radius 1 is 0.338 bits per heavy atom. The lowest BCUT2D eigenvalue weighted by molar-refractivity contribution is -0.161. The van der Waals surface area contributed by atoms with Crippen LogP contribution in [0.1, 0.15) is 292 Å². The topological polar surface area (TPSA) is 237 Å². The maximum Gasteiger partial charge on any atom is 0.472 e. The summed E-state index contributed by atoms with van der Waals surface area (Å²) in [6.07, 6.45) is 32.4. The van der Waals surface area contributed by atoms with E-state index in [4.69, 9.17) is 37.0 Å². The highest BCUT2D eigenvalue weighted by Gasteiger charge is 2.30. The number of aliphatic hydroxyl groups is 1. The van der Waals surface area contributed by atoms with E-state index in [2.05, 4.69) is 48.5 Å². The molecule has 0 aromatic rings. The number of rotatable bonds is 59. The van der Waals surface area contributed by atoms with Gasteiger partial charge in [0.25, 0.3) is 0 Å². The zero-order valence-corrected chi connectivity index (χ0v) is 53.3. The van der Waals surface area contributed by atoms with Crippen molar-refractivity contribution in [1.29, 1.82) is 0 Å². The number of aliphatic hydroxyl groups excluding tert-OH is 1. The van der Waals surface area contributed by atoms with Gasteiger partial charge in [0.1, 0.15) is 19.3 Å². The largest absolute Gasteiger partial charge is 0.472 e. The van der Waals surface area contributed by atoms with Gasteiger partial charge in [-0.1, -0.05) is 241 Å². The fourth-order valence-corrected chi connectivity index (χ4v) is 10.5. The van der Waals surface area contributed by atoms with Crippen LogP contribution in [-0.2, 0) is 65.4 Å².